The highest BCUT2D eigenvalue weighted by Gasteiger charge is 2.13. The van der Waals surface area contributed by atoms with E-state index in [0.717, 1.165) is 56.4 Å². The number of benzene rings is 2. The monoisotopic (exact) mass is 406 g/mol. The lowest BCUT2D eigenvalue weighted by Gasteiger charge is -2.24. The molecule has 2 aromatic rings. The summed E-state index contributed by atoms with van der Waals surface area (Å²) in [5.74, 6) is 1.45. The fourth-order valence-electron chi connectivity index (χ4n) is 2.92. The first-order valence-corrected chi connectivity index (χ1v) is 9.89. The van der Waals surface area contributed by atoms with Crippen LogP contribution in [-0.4, -0.2) is 44.5 Å². The molecule has 0 atom stereocenters. The normalized spacial score (nSPS) is 14.6. The summed E-state index contributed by atoms with van der Waals surface area (Å²) in [6, 6.07) is 13.4. The molecule has 1 heterocycles. The fraction of sp³-hybridized carbons (Fsp3) is 0.350. The van der Waals surface area contributed by atoms with E-state index in [2.05, 4.69) is 10.6 Å². The molecule has 1 fully saturated rings. The zero-order chi connectivity index (χ0) is 19.1. The first-order valence-electron chi connectivity index (χ1n) is 9.10. The number of quaternary nitrogens is 1. The Bertz CT molecular complexity index is 782. The molecule has 1 aliphatic heterocycles. The number of anilines is 1. The van der Waals surface area contributed by atoms with Crippen LogP contribution in [0.15, 0.2) is 42.5 Å². The van der Waals surface area contributed by atoms with Crippen molar-refractivity contribution in [2.45, 2.75) is 6.92 Å². The van der Waals surface area contributed by atoms with Crippen molar-refractivity contribution < 1.29 is 14.4 Å². The van der Waals surface area contributed by atoms with Gasteiger partial charge < -0.3 is 25.0 Å². The molecule has 2 aromatic carbocycles. The first kappa shape index (κ1) is 19.9. The number of nitrogens with one attached hydrogen (secondary N) is 3. The minimum absolute atomic E-state index is 0.555. The Morgan fingerprint density at radius 1 is 1.22 bits per heavy atom. The van der Waals surface area contributed by atoms with Gasteiger partial charge in [0, 0.05) is 5.02 Å². The summed E-state index contributed by atoms with van der Waals surface area (Å²) >= 11 is 11.6. The molecular formula is C20H25ClN3O2S+. The molecule has 0 aromatic heterocycles. The predicted molar refractivity (Wildman–Crippen MR) is 113 cm³/mol. The van der Waals surface area contributed by atoms with Gasteiger partial charge in [0.05, 0.1) is 32.0 Å². The van der Waals surface area contributed by atoms with Gasteiger partial charge >= 0.3 is 0 Å². The summed E-state index contributed by atoms with van der Waals surface area (Å²) in [6.07, 6.45) is 0. The molecule has 1 saturated heterocycles. The fourth-order valence-corrected chi connectivity index (χ4v) is 3.31. The Balaban J connectivity index is 1.58. The van der Waals surface area contributed by atoms with Crippen LogP contribution in [-0.2, 0) is 4.74 Å². The number of hydrogen-bond acceptors (Lipinski definition) is 3. The molecule has 0 saturated carbocycles. The molecule has 0 bridgehead atoms. The van der Waals surface area contributed by atoms with E-state index >= 15 is 0 Å². The number of aryl methyl sites for hydroxylation is 1. The van der Waals surface area contributed by atoms with E-state index in [0.29, 0.717) is 15.9 Å². The maximum absolute atomic E-state index is 6.16. The maximum atomic E-state index is 6.16. The van der Waals surface area contributed by atoms with E-state index in [9.17, 15) is 0 Å². The molecular weight excluding hydrogens is 382 g/mol. The molecule has 27 heavy (non-hydrogen) atoms. The smallest absolute Gasteiger partial charge is 0.171 e. The van der Waals surface area contributed by atoms with Crippen molar-refractivity contribution in [2.75, 3.05) is 44.7 Å². The second-order valence-corrected chi connectivity index (χ2v) is 7.40. The van der Waals surface area contributed by atoms with Crippen LogP contribution in [0.5, 0.6) is 11.5 Å². The van der Waals surface area contributed by atoms with E-state index in [4.69, 9.17) is 33.3 Å². The molecule has 5 nitrogen and oxygen atoms in total. The van der Waals surface area contributed by atoms with Crippen molar-refractivity contribution in [3.63, 3.8) is 0 Å². The molecule has 7 heteroatoms. The van der Waals surface area contributed by atoms with E-state index in [-0.39, 0.29) is 0 Å². The summed E-state index contributed by atoms with van der Waals surface area (Å²) in [4.78, 5) is 1.53. The van der Waals surface area contributed by atoms with Crippen LogP contribution in [0.1, 0.15) is 5.56 Å². The Labute approximate surface area is 170 Å². The molecule has 0 aliphatic carbocycles. The van der Waals surface area contributed by atoms with Crippen LogP contribution in [0, 0.1) is 6.92 Å². The Hall–Kier alpha value is -1.86. The van der Waals surface area contributed by atoms with Gasteiger partial charge in [-0.05, 0) is 55.0 Å². The summed E-state index contributed by atoms with van der Waals surface area (Å²) in [5, 5.41) is 7.63. The van der Waals surface area contributed by atoms with Gasteiger partial charge in [0.2, 0.25) is 0 Å². The summed E-state index contributed by atoms with van der Waals surface area (Å²) < 4.78 is 11.4. The van der Waals surface area contributed by atoms with Gasteiger partial charge in [0.15, 0.2) is 10.9 Å². The van der Waals surface area contributed by atoms with Gasteiger partial charge in [-0.15, -0.1) is 0 Å². The van der Waals surface area contributed by atoms with E-state index in [1.807, 2.05) is 43.3 Å². The third-order valence-electron chi connectivity index (χ3n) is 4.37. The van der Waals surface area contributed by atoms with Crippen molar-refractivity contribution in [2.24, 2.45) is 0 Å². The SMILES string of the molecule is Cc1cccc(Oc2ccc(Cl)cc2NC(=S)NCC[NH+]2CCOCC2)c1. The van der Waals surface area contributed by atoms with Crippen LogP contribution < -0.4 is 20.3 Å². The minimum Gasteiger partial charge on any atom is -0.455 e. The van der Waals surface area contributed by atoms with Gasteiger partial charge in [0.1, 0.15) is 18.8 Å². The largest absolute Gasteiger partial charge is 0.455 e. The van der Waals surface area contributed by atoms with Crippen LogP contribution in [0.2, 0.25) is 5.02 Å². The third kappa shape index (κ3) is 6.36. The van der Waals surface area contributed by atoms with Crippen molar-refractivity contribution in [3.05, 3.63) is 53.1 Å². The highest BCUT2D eigenvalue weighted by Crippen LogP contribution is 2.32. The molecule has 3 rings (SSSR count). The lowest BCUT2D eigenvalue weighted by Crippen LogP contribution is -3.14. The maximum Gasteiger partial charge on any atom is 0.171 e. The number of halogens is 1. The van der Waals surface area contributed by atoms with Crippen LogP contribution in [0.4, 0.5) is 5.69 Å². The number of morpholine rings is 1. The van der Waals surface area contributed by atoms with Gasteiger partial charge in [0.25, 0.3) is 0 Å². The van der Waals surface area contributed by atoms with Crippen LogP contribution >= 0.6 is 23.8 Å². The lowest BCUT2D eigenvalue weighted by atomic mass is 10.2. The van der Waals surface area contributed by atoms with Crippen molar-refractivity contribution in [3.8, 4) is 11.5 Å². The van der Waals surface area contributed by atoms with Gasteiger partial charge in [-0.25, -0.2) is 0 Å². The Morgan fingerprint density at radius 3 is 2.81 bits per heavy atom. The van der Waals surface area contributed by atoms with Gasteiger partial charge in [-0.1, -0.05) is 23.7 Å². The number of rotatable bonds is 6. The summed E-state index contributed by atoms with van der Waals surface area (Å²) in [5.41, 5.74) is 1.87. The topological polar surface area (TPSA) is 47.0 Å². The highest BCUT2D eigenvalue weighted by atomic mass is 35.5. The molecule has 144 valence electrons. The van der Waals surface area contributed by atoms with E-state index < -0.39 is 0 Å². The molecule has 3 N–H and O–H groups in total. The second-order valence-electron chi connectivity index (χ2n) is 6.55. The molecule has 0 spiro atoms. The van der Waals surface area contributed by atoms with Crippen molar-refractivity contribution >= 4 is 34.6 Å². The summed E-state index contributed by atoms with van der Waals surface area (Å²) in [7, 11) is 0. The van der Waals surface area contributed by atoms with Crippen molar-refractivity contribution in [1.29, 1.82) is 0 Å². The van der Waals surface area contributed by atoms with E-state index in [1.165, 1.54) is 4.90 Å². The predicted octanol–water partition coefficient (Wildman–Crippen LogP) is 2.64. The zero-order valence-electron chi connectivity index (χ0n) is 15.4. The van der Waals surface area contributed by atoms with Crippen molar-refractivity contribution in [1.82, 2.24) is 5.32 Å². The average molecular weight is 407 g/mol. The Kier molecular flexibility index (Phi) is 7.29. The average Bonchev–Trinajstić information content (AvgIpc) is 2.65. The molecule has 0 radical (unpaired) electrons. The first-order chi connectivity index (χ1) is 13.1. The number of thiocarbonyl (C=S) groups is 1. The van der Waals surface area contributed by atoms with Gasteiger partial charge in [-0.2, -0.15) is 0 Å². The standard InChI is InChI=1S/C20H24ClN3O2S/c1-15-3-2-4-17(13-15)26-19-6-5-16(21)14-18(19)23-20(27)22-7-8-24-9-11-25-12-10-24/h2-6,13-14H,7-12H2,1H3,(H2,22,23,27)/p+1. The van der Waals surface area contributed by atoms with Gasteiger partial charge in [-0.3, -0.25) is 0 Å². The quantitative estimate of drug-likeness (QED) is 0.644. The molecule has 0 unspecified atom stereocenters. The molecule has 1 aliphatic rings. The lowest BCUT2D eigenvalue weighted by molar-refractivity contribution is -0.906. The zero-order valence-corrected chi connectivity index (χ0v) is 17.0. The Morgan fingerprint density at radius 2 is 2.04 bits per heavy atom. The summed E-state index contributed by atoms with van der Waals surface area (Å²) in [6.45, 7) is 7.60. The second kappa shape index (κ2) is 9.90. The van der Waals surface area contributed by atoms with Crippen LogP contribution in [0.25, 0.3) is 0 Å². The third-order valence-corrected chi connectivity index (χ3v) is 4.85. The number of hydrogen-bond donors (Lipinski definition) is 3. The van der Waals surface area contributed by atoms with Crippen LogP contribution in [0.3, 0.4) is 0 Å². The molecule has 0 amide bonds. The highest BCUT2D eigenvalue weighted by molar-refractivity contribution is 7.80. The number of ether oxygens (including phenoxy) is 2. The minimum atomic E-state index is 0.555. The van der Waals surface area contributed by atoms with E-state index in [1.54, 1.807) is 6.07 Å².